The van der Waals surface area contributed by atoms with E-state index < -0.39 is 5.97 Å². The fourth-order valence-electron chi connectivity index (χ4n) is 1.19. The summed E-state index contributed by atoms with van der Waals surface area (Å²) in [7, 11) is 1.31. The SMILES string of the molecule is C/C=C\c1cnc(C(=O)OC)nc1/C=C\C. The number of nitrogens with zero attached hydrogens (tertiary/aromatic N) is 2. The first kappa shape index (κ1) is 12.1. The second kappa shape index (κ2) is 5.80. The zero-order valence-electron chi connectivity index (χ0n) is 9.60. The van der Waals surface area contributed by atoms with E-state index in [-0.39, 0.29) is 5.82 Å². The highest BCUT2D eigenvalue weighted by Gasteiger charge is 2.10. The molecule has 0 atom stereocenters. The number of methoxy groups -OCH3 is 1. The molecule has 0 aliphatic heterocycles. The summed E-state index contributed by atoms with van der Waals surface area (Å²) in [5.74, 6) is -0.457. The average Bonchev–Trinajstić information content (AvgIpc) is 2.31. The minimum atomic E-state index is -0.530. The van der Waals surface area contributed by atoms with Crippen LogP contribution in [0.15, 0.2) is 18.3 Å². The Morgan fingerprint density at radius 3 is 2.56 bits per heavy atom. The van der Waals surface area contributed by atoms with E-state index in [1.165, 1.54) is 7.11 Å². The summed E-state index contributed by atoms with van der Waals surface area (Å²) in [5.41, 5.74) is 1.57. The van der Waals surface area contributed by atoms with Crippen LogP contribution in [0.4, 0.5) is 0 Å². The van der Waals surface area contributed by atoms with Crippen LogP contribution in [0.1, 0.15) is 35.7 Å². The van der Waals surface area contributed by atoms with Gasteiger partial charge in [0.25, 0.3) is 0 Å². The Hall–Kier alpha value is -1.97. The number of allylic oxidation sites excluding steroid dienone is 2. The van der Waals surface area contributed by atoms with Crippen molar-refractivity contribution in [2.45, 2.75) is 13.8 Å². The highest BCUT2D eigenvalue weighted by molar-refractivity contribution is 5.85. The van der Waals surface area contributed by atoms with Crippen LogP contribution in [0.5, 0.6) is 0 Å². The van der Waals surface area contributed by atoms with Crippen molar-refractivity contribution in [3.05, 3.63) is 35.4 Å². The summed E-state index contributed by atoms with van der Waals surface area (Å²) in [6.07, 6.45) is 9.06. The van der Waals surface area contributed by atoms with Crippen LogP contribution in [0, 0.1) is 0 Å². The minimum absolute atomic E-state index is 0.0730. The van der Waals surface area contributed by atoms with E-state index >= 15 is 0 Å². The van der Waals surface area contributed by atoms with Crippen molar-refractivity contribution >= 4 is 18.1 Å². The molecule has 1 aromatic heterocycles. The summed E-state index contributed by atoms with van der Waals surface area (Å²) >= 11 is 0. The molecular weight excluding hydrogens is 204 g/mol. The quantitative estimate of drug-likeness (QED) is 0.730. The normalized spacial score (nSPS) is 11.2. The van der Waals surface area contributed by atoms with Gasteiger partial charge in [-0.3, -0.25) is 0 Å². The Labute approximate surface area is 94.7 Å². The van der Waals surface area contributed by atoms with Gasteiger partial charge in [-0.05, 0) is 19.9 Å². The molecule has 1 rings (SSSR count). The number of rotatable bonds is 3. The summed E-state index contributed by atoms with van der Waals surface area (Å²) in [6.45, 7) is 3.80. The van der Waals surface area contributed by atoms with Crippen molar-refractivity contribution < 1.29 is 9.53 Å². The number of aromatic nitrogens is 2. The van der Waals surface area contributed by atoms with Crippen molar-refractivity contribution in [3.8, 4) is 0 Å². The summed E-state index contributed by atoms with van der Waals surface area (Å²) in [5, 5.41) is 0. The molecule has 0 aromatic carbocycles. The van der Waals surface area contributed by atoms with E-state index in [0.29, 0.717) is 5.69 Å². The predicted octanol–water partition coefficient (Wildman–Crippen LogP) is 2.33. The monoisotopic (exact) mass is 218 g/mol. The zero-order chi connectivity index (χ0) is 12.0. The molecule has 0 N–H and O–H groups in total. The first-order valence-electron chi connectivity index (χ1n) is 4.93. The fourth-order valence-corrected chi connectivity index (χ4v) is 1.19. The molecule has 0 fully saturated rings. The van der Waals surface area contributed by atoms with Crippen LogP contribution in [0.3, 0.4) is 0 Å². The molecule has 0 bridgehead atoms. The molecule has 0 radical (unpaired) electrons. The Balaban J connectivity index is 3.21. The Morgan fingerprint density at radius 2 is 2.00 bits per heavy atom. The lowest BCUT2D eigenvalue weighted by Crippen LogP contribution is -2.08. The van der Waals surface area contributed by atoms with Gasteiger partial charge in [0.05, 0.1) is 12.8 Å². The molecule has 84 valence electrons. The molecule has 0 spiro atoms. The second-order valence-electron chi connectivity index (χ2n) is 3.03. The highest BCUT2D eigenvalue weighted by Crippen LogP contribution is 2.10. The molecule has 0 unspecified atom stereocenters. The van der Waals surface area contributed by atoms with Gasteiger partial charge < -0.3 is 4.74 Å². The zero-order valence-corrected chi connectivity index (χ0v) is 9.60. The van der Waals surface area contributed by atoms with Crippen LogP contribution in [0.25, 0.3) is 12.2 Å². The molecule has 0 aliphatic carbocycles. The first-order chi connectivity index (χ1) is 7.72. The third kappa shape index (κ3) is 2.76. The Bertz CT molecular complexity index is 437. The van der Waals surface area contributed by atoms with E-state index in [9.17, 15) is 4.79 Å². The number of carbonyl (C=O) groups excluding carboxylic acids is 1. The Morgan fingerprint density at radius 1 is 1.31 bits per heavy atom. The van der Waals surface area contributed by atoms with Gasteiger partial charge in [0.2, 0.25) is 5.82 Å². The first-order valence-corrected chi connectivity index (χ1v) is 4.93. The molecule has 0 saturated carbocycles. The number of esters is 1. The van der Waals surface area contributed by atoms with Crippen LogP contribution in [0.2, 0.25) is 0 Å². The molecule has 16 heavy (non-hydrogen) atoms. The second-order valence-corrected chi connectivity index (χ2v) is 3.03. The largest absolute Gasteiger partial charge is 0.463 e. The topological polar surface area (TPSA) is 52.1 Å². The van der Waals surface area contributed by atoms with E-state index in [2.05, 4.69) is 14.7 Å². The lowest BCUT2D eigenvalue weighted by molar-refractivity contribution is 0.0586. The van der Waals surface area contributed by atoms with E-state index in [1.54, 1.807) is 6.20 Å². The van der Waals surface area contributed by atoms with Gasteiger partial charge in [-0.1, -0.05) is 18.2 Å². The van der Waals surface area contributed by atoms with Crippen LogP contribution >= 0.6 is 0 Å². The van der Waals surface area contributed by atoms with E-state index in [0.717, 1.165) is 5.56 Å². The van der Waals surface area contributed by atoms with E-state index in [4.69, 9.17) is 0 Å². The maximum atomic E-state index is 11.2. The molecule has 1 aromatic rings. The summed E-state index contributed by atoms with van der Waals surface area (Å²) in [4.78, 5) is 19.3. The summed E-state index contributed by atoms with van der Waals surface area (Å²) < 4.78 is 4.56. The standard InChI is InChI=1S/C12H14N2O2/c1-4-6-9-8-13-11(12(15)16-3)14-10(9)7-5-2/h4-8H,1-3H3/b6-4-,7-5-. The lowest BCUT2D eigenvalue weighted by Gasteiger charge is -2.02. The van der Waals surface area contributed by atoms with Gasteiger partial charge in [-0.15, -0.1) is 0 Å². The maximum Gasteiger partial charge on any atom is 0.376 e. The minimum Gasteiger partial charge on any atom is -0.463 e. The number of hydrogen-bond acceptors (Lipinski definition) is 4. The lowest BCUT2D eigenvalue weighted by atomic mass is 10.2. The average molecular weight is 218 g/mol. The van der Waals surface area contributed by atoms with Crippen molar-refractivity contribution in [1.82, 2.24) is 9.97 Å². The van der Waals surface area contributed by atoms with Gasteiger partial charge in [0.15, 0.2) is 0 Å². The molecule has 0 aliphatic rings. The van der Waals surface area contributed by atoms with Gasteiger partial charge in [0, 0.05) is 11.8 Å². The van der Waals surface area contributed by atoms with Gasteiger partial charge in [-0.25, -0.2) is 14.8 Å². The Kier molecular flexibility index (Phi) is 4.39. The predicted molar refractivity (Wildman–Crippen MR) is 62.8 cm³/mol. The molecule has 4 nitrogen and oxygen atoms in total. The third-order valence-electron chi connectivity index (χ3n) is 1.89. The van der Waals surface area contributed by atoms with Crippen LogP contribution < -0.4 is 0 Å². The van der Waals surface area contributed by atoms with Crippen molar-refractivity contribution in [2.24, 2.45) is 0 Å². The van der Waals surface area contributed by atoms with Gasteiger partial charge >= 0.3 is 5.97 Å². The van der Waals surface area contributed by atoms with E-state index in [1.807, 2.05) is 38.2 Å². The van der Waals surface area contributed by atoms with Crippen molar-refractivity contribution in [3.63, 3.8) is 0 Å². The fraction of sp³-hybridized carbons (Fsp3) is 0.250. The van der Waals surface area contributed by atoms with Crippen LogP contribution in [-0.2, 0) is 4.74 Å². The highest BCUT2D eigenvalue weighted by atomic mass is 16.5. The smallest absolute Gasteiger partial charge is 0.376 e. The molecule has 0 saturated heterocycles. The molecule has 0 amide bonds. The van der Waals surface area contributed by atoms with Crippen molar-refractivity contribution in [2.75, 3.05) is 7.11 Å². The summed E-state index contributed by atoms with van der Waals surface area (Å²) in [6, 6.07) is 0. The molecular formula is C12H14N2O2. The third-order valence-corrected chi connectivity index (χ3v) is 1.89. The molecule has 4 heteroatoms. The maximum absolute atomic E-state index is 11.2. The number of carbonyl (C=O) groups is 1. The molecule has 1 heterocycles. The van der Waals surface area contributed by atoms with Crippen LogP contribution in [-0.4, -0.2) is 23.0 Å². The number of ether oxygens (including phenoxy) is 1. The van der Waals surface area contributed by atoms with Gasteiger partial charge in [0.1, 0.15) is 0 Å². The number of hydrogen-bond donors (Lipinski definition) is 0. The van der Waals surface area contributed by atoms with Gasteiger partial charge in [-0.2, -0.15) is 0 Å². The van der Waals surface area contributed by atoms with Crippen molar-refractivity contribution in [1.29, 1.82) is 0 Å².